The molecule has 132 valence electrons. The van der Waals surface area contributed by atoms with E-state index in [1.807, 2.05) is 42.5 Å². The van der Waals surface area contributed by atoms with Gasteiger partial charge in [0.15, 0.2) is 11.5 Å². The lowest BCUT2D eigenvalue weighted by atomic mass is 9.87. The van der Waals surface area contributed by atoms with Crippen LogP contribution in [-0.4, -0.2) is 41.1 Å². The Morgan fingerprint density at radius 1 is 1.04 bits per heavy atom. The Morgan fingerprint density at radius 2 is 1.88 bits per heavy atom. The van der Waals surface area contributed by atoms with Crippen molar-refractivity contribution < 1.29 is 14.6 Å². The molecule has 0 spiro atoms. The Labute approximate surface area is 151 Å². The summed E-state index contributed by atoms with van der Waals surface area (Å²) in [5.41, 5.74) is 2.84. The van der Waals surface area contributed by atoms with Gasteiger partial charge in [0, 0.05) is 19.0 Å². The van der Waals surface area contributed by atoms with Crippen LogP contribution in [0.4, 0.5) is 5.82 Å². The maximum atomic E-state index is 10.8. The van der Waals surface area contributed by atoms with E-state index < -0.39 is 6.10 Å². The van der Waals surface area contributed by atoms with Gasteiger partial charge in [0.1, 0.15) is 5.82 Å². The summed E-state index contributed by atoms with van der Waals surface area (Å²) in [6.07, 6.45) is 2.16. The fourth-order valence-electron chi connectivity index (χ4n) is 3.77. The lowest BCUT2D eigenvalue weighted by Crippen LogP contribution is -2.43. The zero-order chi connectivity index (χ0) is 17.5. The van der Waals surface area contributed by atoms with Crippen LogP contribution in [0.3, 0.4) is 0 Å². The Balaban J connectivity index is 1.36. The molecule has 3 heterocycles. The molecular weight excluding hydrogens is 330 g/mol. The second-order valence-electron chi connectivity index (χ2n) is 6.74. The minimum absolute atomic E-state index is 0.0779. The van der Waals surface area contributed by atoms with Crippen LogP contribution in [0.1, 0.15) is 17.9 Å². The Hall–Kier alpha value is -2.86. The van der Waals surface area contributed by atoms with Gasteiger partial charge < -0.3 is 19.5 Å². The molecule has 1 aromatic heterocycles. The summed E-state index contributed by atoms with van der Waals surface area (Å²) >= 11 is 0. The van der Waals surface area contributed by atoms with E-state index in [1.54, 1.807) is 6.20 Å². The smallest absolute Gasteiger partial charge is 0.231 e. The molecule has 0 bridgehead atoms. The molecule has 1 fully saturated rings. The number of aromatic nitrogens is 2. The molecule has 6 heteroatoms. The number of piperidine rings is 1. The minimum Gasteiger partial charge on any atom is -0.454 e. The highest BCUT2D eigenvalue weighted by atomic mass is 16.7. The molecule has 0 unspecified atom stereocenters. The van der Waals surface area contributed by atoms with Crippen molar-refractivity contribution in [3.05, 3.63) is 54.2 Å². The monoisotopic (exact) mass is 349 g/mol. The molecule has 0 aliphatic carbocycles. The van der Waals surface area contributed by atoms with Crippen LogP contribution >= 0.6 is 0 Å². The van der Waals surface area contributed by atoms with E-state index >= 15 is 0 Å². The normalized spacial score (nSPS) is 22.0. The van der Waals surface area contributed by atoms with Gasteiger partial charge in [-0.05, 0) is 36.2 Å². The number of aliphatic hydroxyl groups excluding tert-OH is 1. The van der Waals surface area contributed by atoms with Crippen molar-refractivity contribution in [2.75, 3.05) is 24.8 Å². The number of anilines is 1. The summed E-state index contributed by atoms with van der Waals surface area (Å²) < 4.78 is 10.8. The highest BCUT2D eigenvalue weighted by Crippen LogP contribution is 2.38. The first-order valence-corrected chi connectivity index (χ1v) is 8.82. The lowest BCUT2D eigenvalue weighted by molar-refractivity contribution is 0.129. The van der Waals surface area contributed by atoms with Crippen molar-refractivity contribution in [3.63, 3.8) is 0 Å². The highest BCUT2D eigenvalue weighted by molar-refractivity contribution is 5.75. The first-order chi connectivity index (χ1) is 12.8. The minimum atomic E-state index is -0.475. The third-order valence-corrected chi connectivity index (χ3v) is 5.17. The largest absolute Gasteiger partial charge is 0.454 e. The Kier molecular flexibility index (Phi) is 3.64. The molecule has 2 aromatic carbocycles. The first-order valence-electron chi connectivity index (χ1n) is 8.82. The molecule has 0 radical (unpaired) electrons. The molecule has 2 atom stereocenters. The van der Waals surface area contributed by atoms with Gasteiger partial charge in [0.25, 0.3) is 0 Å². The molecule has 0 amide bonds. The molecule has 1 saturated heterocycles. The van der Waals surface area contributed by atoms with Gasteiger partial charge in [-0.2, -0.15) is 0 Å². The third-order valence-electron chi connectivity index (χ3n) is 5.17. The number of β-amino-alcohol motifs (C(OH)–C–C–N with tert-alkyl or cyclic N) is 1. The molecule has 2 aliphatic heterocycles. The average Bonchev–Trinajstić information content (AvgIpc) is 3.15. The molecule has 2 aliphatic rings. The van der Waals surface area contributed by atoms with Crippen LogP contribution < -0.4 is 14.4 Å². The van der Waals surface area contributed by atoms with Crippen LogP contribution in [0.15, 0.2) is 48.7 Å². The number of hydrogen-bond donors (Lipinski definition) is 1. The average molecular weight is 349 g/mol. The van der Waals surface area contributed by atoms with Crippen molar-refractivity contribution in [1.82, 2.24) is 9.97 Å². The molecular formula is C20H19N3O3. The molecule has 3 aromatic rings. The van der Waals surface area contributed by atoms with Gasteiger partial charge in [-0.15, -0.1) is 0 Å². The Bertz CT molecular complexity index is 962. The highest BCUT2D eigenvalue weighted by Gasteiger charge is 2.30. The van der Waals surface area contributed by atoms with E-state index in [4.69, 9.17) is 14.5 Å². The second-order valence-corrected chi connectivity index (χ2v) is 6.74. The summed E-state index contributed by atoms with van der Waals surface area (Å²) in [7, 11) is 0. The number of para-hydroxylation sites is 2. The van der Waals surface area contributed by atoms with Gasteiger partial charge in [0.2, 0.25) is 6.79 Å². The standard InChI is InChI=1S/C20H19N3O3/c24-17-11-23(20-10-21-15-3-1-2-4-16(15)22-20)8-7-14(17)13-5-6-18-19(9-13)26-12-25-18/h1-6,9-10,14,17,24H,7-8,11-12H2/t14-,17+/m0/s1. The first kappa shape index (κ1) is 15.4. The maximum absolute atomic E-state index is 10.8. The lowest BCUT2D eigenvalue weighted by Gasteiger charge is -2.36. The van der Waals surface area contributed by atoms with Gasteiger partial charge >= 0.3 is 0 Å². The third kappa shape index (κ3) is 2.63. The fourth-order valence-corrected chi connectivity index (χ4v) is 3.77. The molecule has 26 heavy (non-hydrogen) atoms. The van der Waals surface area contributed by atoms with E-state index in [1.165, 1.54) is 0 Å². The second kappa shape index (κ2) is 6.14. The van der Waals surface area contributed by atoms with E-state index in [-0.39, 0.29) is 12.7 Å². The van der Waals surface area contributed by atoms with Gasteiger partial charge in [-0.1, -0.05) is 18.2 Å². The molecule has 0 saturated carbocycles. The summed E-state index contributed by atoms with van der Waals surface area (Å²) in [6.45, 7) is 1.62. The van der Waals surface area contributed by atoms with Crippen molar-refractivity contribution in [2.24, 2.45) is 0 Å². The quantitative estimate of drug-likeness (QED) is 0.767. The number of rotatable bonds is 2. The van der Waals surface area contributed by atoms with Crippen LogP contribution in [0.25, 0.3) is 11.0 Å². The maximum Gasteiger partial charge on any atom is 0.231 e. The number of hydrogen-bond acceptors (Lipinski definition) is 6. The number of benzene rings is 2. The van der Waals surface area contributed by atoms with E-state index in [2.05, 4.69) is 9.88 Å². The van der Waals surface area contributed by atoms with Gasteiger partial charge in [0.05, 0.1) is 23.3 Å². The number of ether oxygens (including phenoxy) is 2. The van der Waals surface area contributed by atoms with E-state index in [0.717, 1.165) is 46.9 Å². The zero-order valence-electron chi connectivity index (χ0n) is 14.2. The van der Waals surface area contributed by atoms with Gasteiger partial charge in [-0.3, -0.25) is 4.98 Å². The summed E-state index contributed by atoms with van der Waals surface area (Å²) in [4.78, 5) is 11.3. The van der Waals surface area contributed by atoms with Gasteiger partial charge in [-0.25, -0.2) is 4.98 Å². The van der Waals surface area contributed by atoms with E-state index in [9.17, 15) is 5.11 Å². The molecule has 5 rings (SSSR count). The van der Waals surface area contributed by atoms with Crippen molar-refractivity contribution in [2.45, 2.75) is 18.4 Å². The predicted molar refractivity (Wildman–Crippen MR) is 97.7 cm³/mol. The summed E-state index contributed by atoms with van der Waals surface area (Å²) in [5, 5.41) is 10.8. The van der Waals surface area contributed by atoms with E-state index in [0.29, 0.717) is 6.54 Å². The SMILES string of the molecule is O[C@@H]1CN(c2cnc3ccccc3n2)CC[C@H]1c1ccc2c(c1)OCO2. The van der Waals surface area contributed by atoms with Crippen LogP contribution in [0.5, 0.6) is 11.5 Å². The number of nitrogens with zero attached hydrogens (tertiary/aromatic N) is 3. The van der Waals surface area contributed by atoms with Crippen LogP contribution in [-0.2, 0) is 0 Å². The Morgan fingerprint density at radius 3 is 2.77 bits per heavy atom. The summed E-state index contributed by atoms with van der Waals surface area (Å²) in [6, 6.07) is 13.8. The topological polar surface area (TPSA) is 67.7 Å². The van der Waals surface area contributed by atoms with Crippen LogP contribution in [0.2, 0.25) is 0 Å². The van der Waals surface area contributed by atoms with Crippen molar-refractivity contribution in [1.29, 1.82) is 0 Å². The van der Waals surface area contributed by atoms with Crippen LogP contribution in [0, 0.1) is 0 Å². The zero-order valence-corrected chi connectivity index (χ0v) is 14.2. The number of fused-ring (bicyclic) bond motifs is 2. The van der Waals surface area contributed by atoms with Crippen molar-refractivity contribution >= 4 is 16.9 Å². The van der Waals surface area contributed by atoms with Crippen molar-refractivity contribution in [3.8, 4) is 11.5 Å². The predicted octanol–water partition coefficient (Wildman–Crippen LogP) is 2.71. The number of aliphatic hydroxyl groups is 1. The fraction of sp³-hybridized carbons (Fsp3) is 0.300. The molecule has 6 nitrogen and oxygen atoms in total. The summed E-state index contributed by atoms with van der Waals surface area (Å²) in [5.74, 6) is 2.42. The molecule has 1 N–H and O–H groups in total.